The number of hydrogen-bond donors (Lipinski definition) is 0. The fraction of sp³-hybridized carbons (Fsp3) is 0.188. The summed E-state index contributed by atoms with van der Waals surface area (Å²) in [4.78, 5) is 0. The molecule has 0 atom stereocenters. The van der Waals surface area contributed by atoms with Crippen LogP contribution >= 0.6 is 0 Å². The lowest BCUT2D eigenvalue weighted by atomic mass is 10.0. The van der Waals surface area contributed by atoms with E-state index in [1.165, 1.54) is 12.1 Å². The van der Waals surface area contributed by atoms with Crippen LogP contribution in [0.3, 0.4) is 0 Å². The van der Waals surface area contributed by atoms with Crippen molar-refractivity contribution in [2.75, 3.05) is 6.61 Å². The van der Waals surface area contributed by atoms with Gasteiger partial charge in [0.15, 0.2) is 0 Å². The first-order chi connectivity index (χ1) is 21.1. The lowest BCUT2D eigenvalue weighted by Crippen LogP contribution is -2.25. The third-order valence-electron chi connectivity index (χ3n) is 6.20. The molecular weight excluding hydrogens is 625 g/mol. The van der Waals surface area contributed by atoms with E-state index in [0.29, 0.717) is 30.9 Å². The van der Waals surface area contributed by atoms with Gasteiger partial charge in [-0.05, 0) is 60.5 Å². The van der Waals surface area contributed by atoms with E-state index in [9.17, 15) is 48.3 Å². The zero-order chi connectivity index (χ0) is 33.1. The molecule has 0 heterocycles. The van der Waals surface area contributed by atoms with Gasteiger partial charge in [-0.2, -0.15) is 22.0 Å². The van der Waals surface area contributed by atoms with Crippen molar-refractivity contribution in [1.29, 1.82) is 0 Å². The zero-order valence-electron chi connectivity index (χ0n) is 22.9. The Kier molecular flexibility index (Phi) is 9.65. The van der Waals surface area contributed by atoms with Crippen LogP contribution in [-0.2, 0) is 12.3 Å². The number of hydrogen-bond acceptors (Lipinski definition) is 2. The topological polar surface area (TPSA) is 18.5 Å². The van der Waals surface area contributed by atoms with Crippen molar-refractivity contribution in [3.8, 4) is 34.5 Å². The third-order valence-corrected chi connectivity index (χ3v) is 6.20. The van der Waals surface area contributed by atoms with Crippen LogP contribution in [0.15, 0.2) is 60.7 Å². The molecule has 2 nitrogen and oxygen atoms in total. The van der Waals surface area contributed by atoms with Gasteiger partial charge in [0.1, 0.15) is 57.5 Å². The standard InChI is InChI=1S/C32H19F11O2/c1-2-3-10-44-20-7-6-18(23(33)15-20)5-4-17-11-25(35)30(26(36)12-17)32(42,43)45-21-8-9-22(24(34)16-21)19-13-27(37)29(28(38)14-19)31(39,40)41/h6-9,11-16H,2-3,10H2,1H3. The normalized spacial score (nSPS) is 11.6. The monoisotopic (exact) mass is 644 g/mol. The molecule has 0 saturated carbocycles. The van der Waals surface area contributed by atoms with Crippen LogP contribution in [0.5, 0.6) is 11.5 Å². The number of rotatable bonds is 8. The van der Waals surface area contributed by atoms with Crippen molar-refractivity contribution in [1.82, 2.24) is 0 Å². The molecule has 0 aliphatic heterocycles. The Balaban J connectivity index is 1.55. The maximum atomic E-state index is 14.8. The van der Waals surface area contributed by atoms with Crippen LogP contribution in [0.1, 0.15) is 42.0 Å². The highest BCUT2D eigenvalue weighted by Gasteiger charge is 2.41. The second-order valence-corrected chi connectivity index (χ2v) is 9.48. The van der Waals surface area contributed by atoms with Gasteiger partial charge in [-0.3, -0.25) is 0 Å². The number of alkyl halides is 5. The molecule has 0 spiro atoms. The molecule has 13 heteroatoms. The fourth-order valence-electron chi connectivity index (χ4n) is 4.08. The van der Waals surface area contributed by atoms with Crippen molar-refractivity contribution in [2.24, 2.45) is 0 Å². The molecule has 0 aliphatic rings. The van der Waals surface area contributed by atoms with E-state index in [4.69, 9.17) is 4.74 Å². The number of halogens is 11. The minimum absolute atomic E-state index is 0.163. The van der Waals surface area contributed by atoms with E-state index in [0.717, 1.165) is 18.9 Å². The second kappa shape index (κ2) is 13.1. The molecule has 0 amide bonds. The lowest BCUT2D eigenvalue weighted by molar-refractivity contribution is -0.189. The van der Waals surface area contributed by atoms with E-state index in [1.807, 2.05) is 6.92 Å². The summed E-state index contributed by atoms with van der Waals surface area (Å²) in [6, 6.07) is 6.63. The minimum Gasteiger partial charge on any atom is -0.493 e. The molecule has 0 N–H and O–H groups in total. The first kappa shape index (κ1) is 33.2. The summed E-state index contributed by atoms with van der Waals surface area (Å²) < 4.78 is 164. The summed E-state index contributed by atoms with van der Waals surface area (Å²) in [6.07, 6.45) is -8.50. The first-order valence-corrected chi connectivity index (χ1v) is 13.0. The molecule has 0 radical (unpaired) electrons. The van der Waals surface area contributed by atoms with E-state index >= 15 is 0 Å². The smallest absolute Gasteiger partial charge is 0.432 e. The number of unbranched alkanes of at least 4 members (excludes halogenated alkanes) is 1. The third kappa shape index (κ3) is 7.68. The molecule has 4 rings (SSSR count). The molecule has 0 aromatic heterocycles. The number of ether oxygens (including phenoxy) is 2. The molecule has 4 aromatic rings. The highest BCUT2D eigenvalue weighted by molar-refractivity contribution is 5.66. The molecule has 0 bridgehead atoms. The first-order valence-electron chi connectivity index (χ1n) is 13.0. The molecule has 0 unspecified atom stereocenters. The van der Waals surface area contributed by atoms with Gasteiger partial charge in [0.2, 0.25) is 0 Å². The van der Waals surface area contributed by atoms with Gasteiger partial charge in [0.25, 0.3) is 0 Å². The van der Waals surface area contributed by atoms with Crippen molar-refractivity contribution in [3.05, 3.63) is 118 Å². The van der Waals surface area contributed by atoms with Crippen LogP contribution in [0.4, 0.5) is 48.3 Å². The fourth-order valence-corrected chi connectivity index (χ4v) is 4.08. The molecule has 0 saturated heterocycles. The van der Waals surface area contributed by atoms with Gasteiger partial charge in [-0.25, -0.2) is 26.3 Å². The predicted octanol–water partition coefficient (Wildman–Crippen LogP) is 9.91. The Bertz CT molecular complexity index is 1740. The Labute approximate surface area is 249 Å². The molecule has 0 fully saturated rings. The predicted molar refractivity (Wildman–Crippen MR) is 140 cm³/mol. The van der Waals surface area contributed by atoms with Crippen LogP contribution in [0.2, 0.25) is 0 Å². The maximum absolute atomic E-state index is 14.8. The molecular formula is C32H19F11O2. The Morgan fingerprint density at radius 2 is 1.20 bits per heavy atom. The van der Waals surface area contributed by atoms with Gasteiger partial charge in [0.05, 0.1) is 12.2 Å². The zero-order valence-corrected chi connectivity index (χ0v) is 22.9. The molecule has 236 valence electrons. The van der Waals surface area contributed by atoms with Gasteiger partial charge < -0.3 is 9.47 Å². The van der Waals surface area contributed by atoms with Gasteiger partial charge >= 0.3 is 12.3 Å². The Morgan fingerprint density at radius 3 is 1.76 bits per heavy atom. The Morgan fingerprint density at radius 1 is 0.622 bits per heavy atom. The summed E-state index contributed by atoms with van der Waals surface area (Å²) in [7, 11) is 0. The summed E-state index contributed by atoms with van der Waals surface area (Å²) >= 11 is 0. The van der Waals surface area contributed by atoms with E-state index < -0.39 is 80.8 Å². The largest absolute Gasteiger partial charge is 0.493 e. The summed E-state index contributed by atoms with van der Waals surface area (Å²) in [6.45, 7) is 2.31. The second-order valence-electron chi connectivity index (χ2n) is 9.48. The maximum Gasteiger partial charge on any atom is 0.432 e. The highest BCUT2D eigenvalue weighted by atomic mass is 19.4. The van der Waals surface area contributed by atoms with Crippen LogP contribution in [-0.4, -0.2) is 6.61 Å². The SMILES string of the molecule is CCCCOc1ccc(C#Cc2cc(F)c(C(F)(F)Oc3ccc(-c4cc(F)c(C(F)(F)F)c(F)c4)c(F)c3)c(F)c2)c(F)c1. The van der Waals surface area contributed by atoms with Gasteiger partial charge in [0, 0.05) is 23.3 Å². The van der Waals surface area contributed by atoms with Crippen molar-refractivity contribution >= 4 is 0 Å². The van der Waals surface area contributed by atoms with Gasteiger partial charge in [-0.15, -0.1) is 0 Å². The van der Waals surface area contributed by atoms with Crippen molar-refractivity contribution in [3.63, 3.8) is 0 Å². The highest BCUT2D eigenvalue weighted by Crippen LogP contribution is 2.39. The van der Waals surface area contributed by atoms with Gasteiger partial charge in [-0.1, -0.05) is 25.2 Å². The summed E-state index contributed by atoms with van der Waals surface area (Å²) in [5, 5.41) is 0. The van der Waals surface area contributed by atoms with Crippen LogP contribution in [0.25, 0.3) is 11.1 Å². The molecule has 45 heavy (non-hydrogen) atoms. The summed E-state index contributed by atoms with van der Waals surface area (Å²) in [5.41, 5.74) is -6.06. The van der Waals surface area contributed by atoms with Crippen LogP contribution in [0, 0.1) is 46.7 Å². The van der Waals surface area contributed by atoms with E-state index in [-0.39, 0.29) is 29.5 Å². The van der Waals surface area contributed by atoms with E-state index in [1.54, 1.807) is 0 Å². The average Bonchev–Trinajstić information content (AvgIpc) is 2.91. The number of benzene rings is 4. The average molecular weight is 644 g/mol. The van der Waals surface area contributed by atoms with Crippen molar-refractivity contribution in [2.45, 2.75) is 32.1 Å². The summed E-state index contributed by atoms with van der Waals surface area (Å²) in [5.74, 6) is -6.09. The Hall–Kier alpha value is -4.73. The van der Waals surface area contributed by atoms with Crippen molar-refractivity contribution < 1.29 is 57.8 Å². The van der Waals surface area contributed by atoms with Crippen LogP contribution < -0.4 is 9.47 Å². The molecule has 4 aromatic carbocycles. The minimum atomic E-state index is -5.38. The quantitative estimate of drug-likeness (QED) is 0.108. The molecule has 0 aliphatic carbocycles. The van der Waals surface area contributed by atoms with E-state index in [2.05, 4.69) is 16.6 Å². The lowest BCUT2D eigenvalue weighted by Gasteiger charge is -2.20.